The van der Waals surface area contributed by atoms with E-state index in [9.17, 15) is 14.7 Å². The summed E-state index contributed by atoms with van der Waals surface area (Å²) in [6.07, 6.45) is 3.85. The third kappa shape index (κ3) is 4.18. The SMILES string of the molecule is Nc1ncccc1-c1nc2cccnc2n1-c1ccc(CNC(=O)c2ccc(O)c(C=O)c2)cc1. The topological polar surface area (TPSA) is 136 Å². The molecule has 9 heteroatoms. The number of aldehydes is 1. The number of rotatable bonds is 6. The van der Waals surface area contributed by atoms with E-state index in [0.29, 0.717) is 29.1 Å². The standard InChI is InChI=1S/C26H20N6O3/c27-23-20(3-1-11-28-23)24-31-21-4-2-12-29-25(21)32(24)19-8-5-16(6-9-19)14-30-26(35)17-7-10-22(34)18(13-17)15-33/h1-13,15,34H,14H2,(H2,27,28)(H,30,35). The number of phenolic OH excluding ortho intramolecular Hbond substituents is 1. The lowest BCUT2D eigenvalue weighted by atomic mass is 10.1. The van der Waals surface area contributed by atoms with Crippen molar-refractivity contribution in [1.29, 1.82) is 0 Å². The molecule has 2 aromatic carbocycles. The van der Waals surface area contributed by atoms with Gasteiger partial charge >= 0.3 is 0 Å². The number of nitrogens with zero attached hydrogens (tertiary/aromatic N) is 4. The third-order valence-corrected chi connectivity index (χ3v) is 5.56. The Kier molecular flexibility index (Phi) is 5.64. The molecule has 0 radical (unpaired) electrons. The predicted molar refractivity (Wildman–Crippen MR) is 131 cm³/mol. The van der Waals surface area contributed by atoms with Crippen LogP contribution in [0.5, 0.6) is 5.75 Å². The second kappa shape index (κ2) is 9.06. The van der Waals surface area contributed by atoms with E-state index in [0.717, 1.165) is 16.8 Å². The van der Waals surface area contributed by atoms with Crippen LogP contribution in [0.3, 0.4) is 0 Å². The fourth-order valence-electron chi connectivity index (χ4n) is 3.78. The molecule has 0 saturated carbocycles. The van der Waals surface area contributed by atoms with E-state index in [2.05, 4.69) is 15.3 Å². The number of hydrogen-bond acceptors (Lipinski definition) is 7. The molecule has 9 nitrogen and oxygen atoms in total. The van der Waals surface area contributed by atoms with Gasteiger partial charge in [0.2, 0.25) is 0 Å². The first-order chi connectivity index (χ1) is 17.0. The van der Waals surface area contributed by atoms with Crippen LogP contribution < -0.4 is 11.1 Å². The number of nitrogens with two attached hydrogens (primary N) is 1. The van der Waals surface area contributed by atoms with E-state index in [4.69, 9.17) is 10.7 Å². The molecule has 35 heavy (non-hydrogen) atoms. The number of amides is 1. The Morgan fingerprint density at radius 1 is 1.03 bits per heavy atom. The summed E-state index contributed by atoms with van der Waals surface area (Å²) >= 11 is 0. The van der Waals surface area contributed by atoms with E-state index in [-0.39, 0.29) is 29.3 Å². The number of carbonyl (C=O) groups excluding carboxylic acids is 2. The van der Waals surface area contributed by atoms with Crippen molar-refractivity contribution in [2.75, 3.05) is 5.73 Å². The summed E-state index contributed by atoms with van der Waals surface area (Å²) in [6.45, 7) is 0.280. The lowest BCUT2D eigenvalue weighted by Gasteiger charge is -2.11. The van der Waals surface area contributed by atoms with Gasteiger partial charge in [-0.1, -0.05) is 12.1 Å². The molecule has 0 aliphatic carbocycles. The third-order valence-electron chi connectivity index (χ3n) is 5.56. The van der Waals surface area contributed by atoms with Gasteiger partial charge in [-0.3, -0.25) is 14.2 Å². The minimum Gasteiger partial charge on any atom is -0.507 e. The average Bonchev–Trinajstić information content (AvgIpc) is 3.27. The summed E-state index contributed by atoms with van der Waals surface area (Å²) in [7, 11) is 0. The Labute approximate surface area is 199 Å². The molecule has 4 N–H and O–H groups in total. The van der Waals surface area contributed by atoms with Crippen LogP contribution >= 0.6 is 0 Å². The number of benzene rings is 2. The zero-order valence-electron chi connectivity index (χ0n) is 18.4. The van der Waals surface area contributed by atoms with E-state index >= 15 is 0 Å². The van der Waals surface area contributed by atoms with Crippen LogP contribution in [-0.4, -0.2) is 36.8 Å². The molecule has 0 spiro atoms. The molecule has 0 bridgehead atoms. The molecule has 0 aliphatic rings. The highest BCUT2D eigenvalue weighted by Gasteiger charge is 2.17. The number of pyridine rings is 2. The first-order valence-electron chi connectivity index (χ1n) is 10.7. The number of nitrogen functional groups attached to an aromatic ring is 1. The van der Waals surface area contributed by atoms with Gasteiger partial charge in [0, 0.05) is 30.2 Å². The highest BCUT2D eigenvalue weighted by Crippen LogP contribution is 2.30. The van der Waals surface area contributed by atoms with Crippen LogP contribution in [0.4, 0.5) is 5.82 Å². The van der Waals surface area contributed by atoms with Gasteiger partial charge in [0.25, 0.3) is 5.91 Å². The number of imidazole rings is 1. The number of aromatic nitrogens is 4. The quantitative estimate of drug-likeness (QED) is 0.327. The smallest absolute Gasteiger partial charge is 0.251 e. The molecule has 1 amide bonds. The first-order valence-corrected chi connectivity index (χ1v) is 10.7. The van der Waals surface area contributed by atoms with Crippen molar-refractivity contribution in [3.8, 4) is 22.8 Å². The average molecular weight is 464 g/mol. The Hall–Kier alpha value is -5.05. The predicted octanol–water partition coefficient (Wildman–Crippen LogP) is 3.51. The van der Waals surface area contributed by atoms with E-state index < -0.39 is 0 Å². The summed E-state index contributed by atoms with van der Waals surface area (Å²) in [4.78, 5) is 36.9. The molecular weight excluding hydrogens is 444 g/mol. The molecule has 5 rings (SSSR count). The summed E-state index contributed by atoms with van der Waals surface area (Å²) < 4.78 is 1.92. The number of hydrogen-bond donors (Lipinski definition) is 3. The van der Waals surface area contributed by atoms with Crippen LogP contribution in [-0.2, 0) is 6.54 Å². The summed E-state index contributed by atoms with van der Waals surface area (Å²) in [5.74, 6) is 0.483. The van der Waals surface area contributed by atoms with Crippen LogP contribution in [0.1, 0.15) is 26.3 Å². The van der Waals surface area contributed by atoms with E-state index in [1.54, 1.807) is 18.5 Å². The molecule has 3 aromatic heterocycles. The van der Waals surface area contributed by atoms with Gasteiger partial charge in [0.05, 0.1) is 11.1 Å². The normalized spacial score (nSPS) is 10.9. The zero-order valence-corrected chi connectivity index (χ0v) is 18.4. The number of aromatic hydroxyl groups is 1. The van der Waals surface area contributed by atoms with Gasteiger partial charge in [-0.25, -0.2) is 15.0 Å². The van der Waals surface area contributed by atoms with Crippen molar-refractivity contribution in [3.05, 3.63) is 95.8 Å². The molecular formula is C26H20N6O3. The van der Waals surface area contributed by atoms with Gasteiger partial charge in [-0.05, 0) is 60.2 Å². The van der Waals surface area contributed by atoms with Crippen LogP contribution in [0, 0.1) is 0 Å². The van der Waals surface area contributed by atoms with Crippen LogP contribution in [0.2, 0.25) is 0 Å². The van der Waals surface area contributed by atoms with Crippen molar-refractivity contribution >= 4 is 29.2 Å². The minimum atomic E-state index is -0.351. The highest BCUT2D eigenvalue weighted by molar-refractivity contribution is 5.96. The minimum absolute atomic E-state index is 0.0632. The summed E-state index contributed by atoms with van der Waals surface area (Å²) in [5, 5.41) is 12.4. The summed E-state index contributed by atoms with van der Waals surface area (Å²) in [5.41, 5.74) is 10.3. The van der Waals surface area contributed by atoms with Crippen molar-refractivity contribution in [2.24, 2.45) is 0 Å². The van der Waals surface area contributed by atoms with Gasteiger partial charge < -0.3 is 16.2 Å². The Bertz CT molecular complexity index is 1560. The second-order valence-corrected chi connectivity index (χ2v) is 7.79. The largest absolute Gasteiger partial charge is 0.507 e. The van der Waals surface area contributed by atoms with E-state index in [1.807, 2.05) is 47.0 Å². The molecule has 0 aliphatic heterocycles. The molecule has 0 unspecified atom stereocenters. The van der Waals surface area contributed by atoms with E-state index in [1.165, 1.54) is 18.2 Å². The molecule has 0 fully saturated rings. The number of nitrogens with one attached hydrogen (secondary N) is 1. The molecule has 5 aromatic rings. The van der Waals surface area contributed by atoms with Crippen molar-refractivity contribution in [1.82, 2.24) is 24.8 Å². The lowest BCUT2D eigenvalue weighted by Crippen LogP contribution is -2.22. The molecule has 3 heterocycles. The number of phenols is 1. The zero-order chi connectivity index (χ0) is 24.4. The van der Waals surface area contributed by atoms with Gasteiger partial charge in [0.1, 0.15) is 17.1 Å². The highest BCUT2D eigenvalue weighted by atomic mass is 16.3. The van der Waals surface area contributed by atoms with Crippen molar-refractivity contribution in [2.45, 2.75) is 6.54 Å². The number of carbonyl (C=O) groups is 2. The molecule has 0 atom stereocenters. The number of fused-ring (bicyclic) bond motifs is 1. The first kappa shape index (κ1) is 21.8. The second-order valence-electron chi connectivity index (χ2n) is 7.79. The van der Waals surface area contributed by atoms with Gasteiger partial charge in [-0.15, -0.1) is 0 Å². The maximum Gasteiger partial charge on any atom is 0.251 e. The van der Waals surface area contributed by atoms with Crippen molar-refractivity contribution in [3.63, 3.8) is 0 Å². The van der Waals surface area contributed by atoms with Crippen LogP contribution in [0.15, 0.2) is 79.1 Å². The van der Waals surface area contributed by atoms with Gasteiger partial charge in [-0.2, -0.15) is 0 Å². The molecule has 0 saturated heterocycles. The lowest BCUT2D eigenvalue weighted by molar-refractivity contribution is 0.0951. The Balaban J connectivity index is 1.42. The Morgan fingerprint density at radius 3 is 2.57 bits per heavy atom. The summed E-state index contributed by atoms with van der Waals surface area (Å²) in [6, 6.07) is 19.1. The molecule has 172 valence electrons. The van der Waals surface area contributed by atoms with Crippen molar-refractivity contribution < 1.29 is 14.7 Å². The maximum absolute atomic E-state index is 12.5. The maximum atomic E-state index is 12.5. The fourth-order valence-corrected chi connectivity index (χ4v) is 3.78. The Morgan fingerprint density at radius 2 is 1.80 bits per heavy atom. The van der Waals surface area contributed by atoms with Gasteiger partial charge in [0.15, 0.2) is 17.8 Å². The van der Waals surface area contributed by atoms with Crippen LogP contribution in [0.25, 0.3) is 28.2 Å². The monoisotopic (exact) mass is 464 g/mol. The fraction of sp³-hybridized carbons (Fsp3) is 0.0385. The number of anilines is 1.